The van der Waals surface area contributed by atoms with Crippen LogP contribution in [0.25, 0.3) is 0 Å². The van der Waals surface area contributed by atoms with Crippen LogP contribution >= 0.6 is 12.2 Å². The minimum absolute atomic E-state index is 0.0744. The summed E-state index contributed by atoms with van der Waals surface area (Å²) in [6.07, 6.45) is 13.5. The molecule has 3 N–H and O–H groups in total. The highest BCUT2D eigenvalue weighted by Gasteiger charge is 2.58. The molecular formula is C22H31N3O2S. The number of esters is 1. The van der Waals surface area contributed by atoms with Crippen LogP contribution in [0.5, 0.6) is 0 Å². The summed E-state index contributed by atoms with van der Waals surface area (Å²) in [5.74, 6) is 1.66. The highest BCUT2D eigenvalue weighted by molar-refractivity contribution is 7.80. The summed E-state index contributed by atoms with van der Waals surface area (Å²) in [5, 5.41) is 4.55. The van der Waals surface area contributed by atoms with Gasteiger partial charge in [-0.1, -0.05) is 26.0 Å². The second-order valence-corrected chi connectivity index (χ2v) is 9.91. The summed E-state index contributed by atoms with van der Waals surface area (Å²) in [6, 6.07) is 0. The largest absolute Gasteiger partial charge is 0.462 e. The third-order valence-corrected chi connectivity index (χ3v) is 8.15. The molecule has 4 aliphatic rings. The third kappa shape index (κ3) is 3.10. The Balaban J connectivity index is 1.61. The van der Waals surface area contributed by atoms with E-state index in [1.807, 2.05) is 0 Å². The molecule has 0 aromatic carbocycles. The number of rotatable bonds is 2. The van der Waals surface area contributed by atoms with Crippen LogP contribution in [0.1, 0.15) is 59.3 Å². The number of carbonyl (C=O) groups is 1. The zero-order valence-corrected chi connectivity index (χ0v) is 17.8. The number of hydrazone groups is 1. The van der Waals surface area contributed by atoms with Gasteiger partial charge in [0, 0.05) is 12.3 Å². The smallest absolute Gasteiger partial charge is 0.302 e. The quantitative estimate of drug-likeness (QED) is 0.418. The van der Waals surface area contributed by atoms with E-state index in [2.05, 4.69) is 42.6 Å². The van der Waals surface area contributed by atoms with Crippen molar-refractivity contribution in [2.24, 2.45) is 39.4 Å². The molecule has 28 heavy (non-hydrogen) atoms. The number of carbonyl (C=O) groups excluding carboxylic acids is 1. The minimum atomic E-state index is -0.143. The number of nitrogens with one attached hydrogen (secondary N) is 1. The van der Waals surface area contributed by atoms with Crippen molar-refractivity contribution in [3.05, 3.63) is 23.8 Å². The molecule has 2 saturated carbocycles. The number of hydrogen-bond donors (Lipinski definition) is 2. The number of ether oxygens (including phenoxy) is 1. The summed E-state index contributed by atoms with van der Waals surface area (Å²) in [4.78, 5) is 11.6. The SMILES string of the molecule is CC(=O)OC1CCC2C3C=CC4=CC(=NNC(N)=S)CCC4(C)C3CCC12C. The first-order chi connectivity index (χ1) is 13.2. The Morgan fingerprint density at radius 1 is 1.29 bits per heavy atom. The van der Waals surface area contributed by atoms with Crippen LogP contribution in [-0.2, 0) is 9.53 Å². The Hall–Kier alpha value is -1.69. The molecule has 0 saturated heterocycles. The molecule has 0 aromatic heterocycles. The van der Waals surface area contributed by atoms with Gasteiger partial charge in [-0.2, -0.15) is 5.10 Å². The molecule has 4 rings (SSSR count). The molecule has 0 bridgehead atoms. The summed E-state index contributed by atoms with van der Waals surface area (Å²) < 4.78 is 5.74. The van der Waals surface area contributed by atoms with Crippen LogP contribution in [0, 0.1) is 28.6 Å². The lowest BCUT2D eigenvalue weighted by molar-refractivity contribution is -0.155. The van der Waals surface area contributed by atoms with Gasteiger partial charge in [-0.25, -0.2) is 0 Å². The van der Waals surface area contributed by atoms with Crippen LogP contribution in [0.4, 0.5) is 0 Å². The van der Waals surface area contributed by atoms with E-state index in [0.717, 1.165) is 37.8 Å². The Morgan fingerprint density at radius 2 is 2.07 bits per heavy atom. The molecule has 0 heterocycles. The highest BCUT2D eigenvalue weighted by atomic mass is 32.1. The molecule has 152 valence electrons. The van der Waals surface area contributed by atoms with Crippen molar-refractivity contribution in [3.63, 3.8) is 0 Å². The van der Waals surface area contributed by atoms with Crippen molar-refractivity contribution >= 4 is 29.0 Å². The van der Waals surface area contributed by atoms with Crippen molar-refractivity contribution in [1.29, 1.82) is 0 Å². The number of fused-ring (bicyclic) bond motifs is 5. The van der Waals surface area contributed by atoms with E-state index in [4.69, 9.17) is 22.7 Å². The van der Waals surface area contributed by atoms with Gasteiger partial charge in [0.25, 0.3) is 0 Å². The van der Waals surface area contributed by atoms with Crippen molar-refractivity contribution < 1.29 is 9.53 Å². The fourth-order valence-corrected chi connectivity index (χ4v) is 6.61. The fourth-order valence-electron chi connectivity index (χ4n) is 6.57. The number of nitrogens with zero attached hydrogens (tertiary/aromatic N) is 1. The summed E-state index contributed by atoms with van der Waals surface area (Å²) >= 11 is 4.86. The molecular weight excluding hydrogens is 370 g/mol. The molecule has 0 radical (unpaired) electrons. The van der Waals surface area contributed by atoms with E-state index in [0.29, 0.717) is 17.8 Å². The van der Waals surface area contributed by atoms with Gasteiger partial charge >= 0.3 is 5.97 Å². The normalized spacial score (nSPS) is 42.8. The molecule has 2 fully saturated rings. The molecule has 0 spiro atoms. The lowest BCUT2D eigenvalue weighted by atomic mass is 9.49. The topological polar surface area (TPSA) is 76.7 Å². The second kappa shape index (κ2) is 6.97. The lowest BCUT2D eigenvalue weighted by Crippen LogP contribution is -2.50. The summed E-state index contributed by atoms with van der Waals surface area (Å²) in [7, 11) is 0. The molecule has 0 aliphatic heterocycles. The van der Waals surface area contributed by atoms with Crippen molar-refractivity contribution in [1.82, 2.24) is 5.43 Å². The van der Waals surface area contributed by atoms with Gasteiger partial charge in [-0.3, -0.25) is 10.2 Å². The second-order valence-electron chi connectivity index (χ2n) is 9.47. The molecule has 6 atom stereocenters. The Morgan fingerprint density at radius 3 is 2.79 bits per heavy atom. The predicted molar refractivity (Wildman–Crippen MR) is 115 cm³/mol. The monoisotopic (exact) mass is 401 g/mol. The molecule has 0 amide bonds. The van der Waals surface area contributed by atoms with Crippen LogP contribution in [-0.4, -0.2) is 22.9 Å². The number of allylic oxidation sites excluding steroid dienone is 4. The fraction of sp³-hybridized carbons (Fsp3) is 0.682. The number of thiocarbonyl (C=S) groups is 1. The molecule has 5 nitrogen and oxygen atoms in total. The molecule has 4 aliphatic carbocycles. The first kappa shape index (κ1) is 19.6. The minimum Gasteiger partial charge on any atom is -0.462 e. The van der Waals surface area contributed by atoms with Crippen molar-refractivity contribution in [3.8, 4) is 0 Å². The number of hydrogen-bond acceptors (Lipinski definition) is 4. The van der Waals surface area contributed by atoms with Crippen LogP contribution < -0.4 is 11.2 Å². The van der Waals surface area contributed by atoms with E-state index in [1.54, 1.807) is 0 Å². The Labute approximate surface area is 172 Å². The molecule has 0 aromatic rings. The van der Waals surface area contributed by atoms with E-state index in [-0.39, 0.29) is 28.0 Å². The Bertz CT molecular complexity index is 789. The van der Waals surface area contributed by atoms with Gasteiger partial charge in [-0.15, -0.1) is 0 Å². The first-order valence-electron chi connectivity index (χ1n) is 10.4. The van der Waals surface area contributed by atoms with E-state index in [1.165, 1.54) is 18.9 Å². The summed E-state index contributed by atoms with van der Waals surface area (Å²) in [6.45, 7) is 6.32. The maximum absolute atomic E-state index is 11.6. The van der Waals surface area contributed by atoms with Crippen LogP contribution in [0.15, 0.2) is 28.9 Å². The molecule has 6 unspecified atom stereocenters. The van der Waals surface area contributed by atoms with Gasteiger partial charge in [0.1, 0.15) is 6.10 Å². The average Bonchev–Trinajstić information content (AvgIpc) is 2.95. The third-order valence-electron chi connectivity index (χ3n) is 8.06. The predicted octanol–water partition coefficient (Wildman–Crippen LogP) is 3.85. The van der Waals surface area contributed by atoms with E-state index in [9.17, 15) is 4.79 Å². The van der Waals surface area contributed by atoms with E-state index < -0.39 is 0 Å². The lowest BCUT2D eigenvalue weighted by Gasteiger charge is -2.55. The van der Waals surface area contributed by atoms with Crippen LogP contribution in [0.2, 0.25) is 0 Å². The van der Waals surface area contributed by atoms with Gasteiger partial charge < -0.3 is 10.5 Å². The standard InChI is InChI=1S/C22H31N3O2S/c1-13(26)27-19-7-6-17-16-5-4-14-12-15(24-25-20(23)28)8-10-21(14,2)18(16)9-11-22(17,19)3/h4-5,12,16-19H,6-11H2,1-3H3,(H3,23,25,28). The maximum atomic E-state index is 11.6. The zero-order chi connectivity index (χ0) is 20.1. The van der Waals surface area contributed by atoms with Gasteiger partial charge in [0.05, 0.1) is 5.71 Å². The molecule has 6 heteroatoms. The van der Waals surface area contributed by atoms with Crippen LogP contribution in [0.3, 0.4) is 0 Å². The maximum Gasteiger partial charge on any atom is 0.302 e. The van der Waals surface area contributed by atoms with Crippen molar-refractivity contribution in [2.45, 2.75) is 65.4 Å². The Kier molecular flexibility index (Phi) is 4.89. The van der Waals surface area contributed by atoms with Gasteiger partial charge in [-0.05, 0) is 85.6 Å². The zero-order valence-electron chi connectivity index (χ0n) is 17.0. The highest BCUT2D eigenvalue weighted by Crippen LogP contribution is 2.64. The summed E-state index contributed by atoms with van der Waals surface area (Å²) in [5.41, 5.74) is 10.9. The van der Waals surface area contributed by atoms with Gasteiger partial charge in [0.15, 0.2) is 5.11 Å². The van der Waals surface area contributed by atoms with Gasteiger partial charge in [0.2, 0.25) is 0 Å². The van der Waals surface area contributed by atoms with E-state index >= 15 is 0 Å². The average molecular weight is 402 g/mol. The number of nitrogens with two attached hydrogens (primary N) is 1. The first-order valence-corrected chi connectivity index (χ1v) is 10.8. The van der Waals surface area contributed by atoms with Crippen molar-refractivity contribution in [2.75, 3.05) is 0 Å².